The van der Waals surface area contributed by atoms with Gasteiger partial charge in [0.05, 0.1) is 21.2 Å². The van der Waals surface area contributed by atoms with Crippen molar-refractivity contribution in [3.8, 4) is 0 Å². The number of sulfonamides is 2. The molecule has 0 atom stereocenters. The first kappa shape index (κ1) is 23.6. The molecule has 0 saturated heterocycles. The molecular weight excluding hydrogens is 472 g/mol. The van der Waals surface area contributed by atoms with E-state index in [0.29, 0.717) is 5.56 Å². The van der Waals surface area contributed by atoms with Crippen LogP contribution in [0.4, 0.5) is 0 Å². The average Bonchev–Trinajstić information content (AvgIpc) is 2.82. The van der Waals surface area contributed by atoms with Crippen LogP contribution in [0.25, 0.3) is 0 Å². The first-order valence-electron chi connectivity index (χ1n) is 10.5. The number of nitrogens with zero attached hydrogens (tertiary/aromatic N) is 1. The number of ketones is 1. The summed E-state index contributed by atoms with van der Waals surface area (Å²) in [5.74, 6) is -0.338. The third-order valence-corrected chi connectivity index (χ3v) is 8.02. The Bertz CT molecular complexity index is 1520. The number of nitrogens with one attached hydrogen (secondary N) is 1. The maximum Gasteiger partial charge on any atom is 0.282 e. The van der Waals surface area contributed by atoms with Gasteiger partial charge in [-0.3, -0.25) is 9.52 Å². The Morgan fingerprint density at radius 2 is 1.32 bits per heavy atom. The number of hydrogen-bond acceptors (Lipinski definition) is 5. The molecule has 9 heteroatoms. The Morgan fingerprint density at radius 1 is 0.735 bits per heavy atom. The van der Waals surface area contributed by atoms with Gasteiger partial charge < -0.3 is 0 Å². The van der Waals surface area contributed by atoms with Gasteiger partial charge in [-0.1, -0.05) is 68.4 Å². The molecule has 0 aliphatic heterocycles. The first-order valence-corrected chi connectivity index (χ1v) is 13.4. The molecule has 0 fully saturated rings. The fourth-order valence-electron chi connectivity index (χ4n) is 3.49. The number of benzene rings is 3. The summed E-state index contributed by atoms with van der Waals surface area (Å²) in [6.07, 6.45) is 1.16. The molecule has 7 nitrogen and oxygen atoms in total. The van der Waals surface area contributed by atoms with E-state index in [-0.39, 0.29) is 32.7 Å². The normalized spacial score (nSPS) is 15.2. The van der Waals surface area contributed by atoms with E-state index in [2.05, 4.69) is 9.12 Å². The van der Waals surface area contributed by atoms with Gasteiger partial charge in [0, 0.05) is 11.1 Å². The molecule has 0 unspecified atom stereocenters. The molecule has 0 amide bonds. The van der Waals surface area contributed by atoms with Gasteiger partial charge in [-0.25, -0.2) is 8.42 Å². The van der Waals surface area contributed by atoms with E-state index in [9.17, 15) is 21.6 Å². The van der Waals surface area contributed by atoms with Gasteiger partial charge in [0.1, 0.15) is 0 Å². The predicted octanol–water partition coefficient (Wildman–Crippen LogP) is 4.05. The molecular formula is C25H22N2O5S2. The summed E-state index contributed by atoms with van der Waals surface area (Å²) in [5, 5.41) is 0. The van der Waals surface area contributed by atoms with Crippen molar-refractivity contribution in [1.29, 1.82) is 0 Å². The van der Waals surface area contributed by atoms with E-state index in [4.69, 9.17) is 0 Å². The van der Waals surface area contributed by atoms with E-state index < -0.39 is 25.8 Å². The second-order valence-electron chi connectivity index (χ2n) is 8.03. The number of allylic oxidation sites excluding steroid dienone is 2. The van der Waals surface area contributed by atoms with Crippen LogP contribution in [0.1, 0.15) is 41.3 Å². The number of rotatable bonds is 6. The van der Waals surface area contributed by atoms with E-state index in [1.54, 1.807) is 48.5 Å². The summed E-state index contributed by atoms with van der Waals surface area (Å²) in [4.78, 5) is 13.0. The van der Waals surface area contributed by atoms with Crippen LogP contribution >= 0.6 is 0 Å². The SMILES string of the molecule is CC(C)c1ccc(S(=O)(=O)/N=C2\C=C(NS(=O)(=O)c3ccccc3)C(=O)c3ccccc32)cc1. The van der Waals surface area contributed by atoms with Crippen molar-refractivity contribution in [2.24, 2.45) is 4.40 Å². The summed E-state index contributed by atoms with van der Waals surface area (Å²) in [6, 6.07) is 20.3. The number of carbonyl (C=O) groups is 1. The molecule has 0 spiro atoms. The summed E-state index contributed by atoms with van der Waals surface area (Å²) in [7, 11) is -8.20. The van der Waals surface area contributed by atoms with Crippen LogP contribution in [0.15, 0.2) is 105 Å². The molecule has 0 aromatic heterocycles. The monoisotopic (exact) mass is 494 g/mol. The van der Waals surface area contributed by atoms with Gasteiger partial charge in [0.25, 0.3) is 20.0 Å². The topological polar surface area (TPSA) is 110 Å². The van der Waals surface area contributed by atoms with Gasteiger partial charge in [-0.15, -0.1) is 0 Å². The Kier molecular flexibility index (Phi) is 6.24. The van der Waals surface area contributed by atoms with Crippen molar-refractivity contribution in [2.45, 2.75) is 29.6 Å². The van der Waals surface area contributed by atoms with Crippen LogP contribution in [0.5, 0.6) is 0 Å². The maximum atomic E-state index is 13.0. The Hall–Kier alpha value is -3.56. The second-order valence-corrected chi connectivity index (χ2v) is 11.3. The van der Waals surface area contributed by atoms with Gasteiger partial charge in [-0.2, -0.15) is 12.8 Å². The Balaban J connectivity index is 1.79. The van der Waals surface area contributed by atoms with E-state index in [1.165, 1.54) is 30.3 Å². The minimum absolute atomic E-state index is 0.00130. The lowest BCUT2D eigenvalue weighted by molar-refractivity contribution is 0.102. The zero-order valence-electron chi connectivity index (χ0n) is 18.5. The molecule has 34 heavy (non-hydrogen) atoms. The maximum absolute atomic E-state index is 13.0. The van der Waals surface area contributed by atoms with Gasteiger partial charge in [-0.05, 0) is 41.8 Å². The van der Waals surface area contributed by atoms with Crippen molar-refractivity contribution >= 4 is 31.5 Å². The van der Waals surface area contributed by atoms with Crippen molar-refractivity contribution in [3.63, 3.8) is 0 Å². The number of Topliss-reactive ketones (excluding diaryl/α,β-unsaturated/α-hetero) is 1. The van der Waals surface area contributed by atoms with Crippen molar-refractivity contribution in [1.82, 2.24) is 4.72 Å². The van der Waals surface area contributed by atoms with Crippen LogP contribution in [-0.2, 0) is 20.0 Å². The van der Waals surface area contributed by atoms with Gasteiger partial charge in [0.2, 0.25) is 5.78 Å². The van der Waals surface area contributed by atoms with Crippen molar-refractivity contribution in [3.05, 3.63) is 107 Å². The fraction of sp³-hybridized carbons (Fsp3) is 0.120. The van der Waals surface area contributed by atoms with Crippen LogP contribution in [0.2, 0.25) is 0 Å². The highest BCUT2D eigenvalue weighted by Gasteiger charge is 2.29. The van der Waals surface area contributed by atoms with Gasteiger partial charge in [0.15, 0.2) is 0 Å². The highest BCUT2D eigenvalue weighted by atomic mass is 32.2. The standard InChI is InChI=1S/C25H22N2O5S2/c1-17(2)18-12-14-20(15-13-18)34(31,32)26-23-16-24(25(28)22-11-7-6-10-21(22)23)27-33(29,30)19-8-4-3-5-9-19/h3-17,27H,1-2H3/b26-23+. The highest BCUT2D eigenvalue weighted by Crippen LogP contribution is 2.25. The molecule has 0 radical (unpaired) electrons. The molecule has 0 saturated carbocycles. The van der Waals surface area contributed by atoms with Gasteiger partial charge >= 0.3 is 0 Å². The molecule has 1 aliphatic rings. The third kappa shape index (κ3) is 4.71. The first-order chi connectivity index (χ1) is 16.1. The summed E-state index contributed by atoms with van der Waals surface area (Å²) in [6.45, 7) is 4.01. The summed E-state index contributed by atoms with van der Waals surface area (Å²) in [5.41, 5.74) is 1.12. The second kappa shape index (κ2) is 9.00. The minimum Gasteiger partial charge on any atom is -0.287 e. The minimum atomic E-state index is -4.13. The molecule has 4 rings (SSSR count). The highest BCUT2D eigenvalue weighted by molar-refractivity contribution is 7.90. The zero-order valence-corrected chi connectivity index (χ0v) is 20.1. The van der Waals surface area contributed by atoms with E-state index >= 15 is 0 Å². The van der Waals surface area contributed by atoms with Crippen molar-refractivity contribution in [2.75, 3.05) is 0 Å². The molecule has 3 aromatic rings. The molecule has 1 aliphatic carbocycles. The van der Waals surface area contributed by atoms with Crippen LogP contribution < -0.4 is 4.72 Å². The lowest BCUT2D eigenvalue weighted by Crippen LogP contribution is -2.31. The zero-order chi connectivity index (χ0) is 24.5. The lowest BCUT2D eigenvalue weighted by Gasteiger charge is -2.18. The predicted molar refractivity (Wildman–Crippen MR) is 130 cm³/mol. The molecule has 174 valence electrons. The quantitative estimate of drug-likeness (QED) is 0.556. The Morgan fingerprint density at radius 3 is 1.94 bits per heavy atom. The largest absolute Gasteiger partial charge is 0.287 e. The summed E-state index contributed by atoms with van der Waals surface area (Å²) >= 11 is 0. The van der Waals surface area contributed by atoms with E-state index in [1.807, 2.05) is 13.8 Å². The van der Waals surface area contributed by atoms with Crippen molar-refractivity contribution < 1.29 is 21.6 Å². The number of hydrogen-bond donors (Lipinski definition) is 1. The van der Waals surface area contributed by atoms with Crippen LogP contribution in [0, 0.1) is 0 Å². The summed E-state index contributed by atoms with van der Waals surface area (Å²) < 4.78 is 57.9. The van der Waals surface area contributed by atoms with Crippen LogP contribution in [0.3, 0.4) is 0 Å². The third-order valence-electron chi connectivity index (χ3n) is 5.33. The molecule has 3 aromatic carbocycles. The number of carbonyl (C=O) groups excluding carboxylic acids is 1. The van der Waals surface area contributed by atoms with E-state index in [0.717, 1.165) is 11.6 Å². The average molecular weight is 495 g/mol. The molecule has 0 bridgehead atoms. The molecule has 0 heterocycles. The molecule has 1 N–H and O–H groups in total. The fourth-order valence-corrected chi connectivity index (χ4v) is 5.56. The van der Waals surface area contributed by atoms with Crippen LogP contribution in [-0.4, -0.2) is 28.3 Å². The smallest absolute Gasteiger partial charge is 0.282 e. The number of fused-ring (bicyclic) bond motifs is 1. The Labute approximate surface area is 199 Å². The lowest BCUT2D eigenvalue weighted by atomic mass is 9.93.